The summed E-state index contributed by atoms with van der Waals surface area (Å²) < 4.78 is 4.68. The van der Waals surface area contributed by atoms with Crippen LogP contribution in [0.1, 0.15) is 91.4 Å². The Bertz CT molecular complexity index is 394. The van der Waals surface area contributed by atoms with E-state index in [1.807, 2.05) is 6.08 Å². The van der Waals surface area contributed by atoms with E-state index in [0.29, 0.717) is 5.57 Å². The van der Waals surface area contributed by atoms with Gasteiger partial charge in [-0.05, 0) is 26.7 Å². The maximum Gasteiger partial charge on any atom is 0.341 e. The normalized spacial score (nSPS) is 11.3. The Hall–Kier alpha value is -1.38. The first kappa shape index (κ1) is 21.6. The van der Waals surface area contributed by atoms with Gasteiger partial charge in [0, 0.05) is 11.1 Å². The first-order valence-corrected chi connectivity index (χ1v) is 9.07. The lowest BCUT2D eigenvalue weighted by Gasteiger charge is -2.03. The molecule has 0 aliphatic rings. The molecule has 0 saturated carbocycles. The molecule has 3 nitrogen and oxygen atoms in total. The van der Waals surface area contributed by atoms with E-state index in [1.54, 1.807) is 6.92 Å². The Balaban J connectivity index is 3.60. The van der Waals surface area contributed by atoms with Crippen LogP contribution in [-0.4, -0.2) is 11.9 Å². The number of hydrogen-bond donors (Lipinski definition) is 0. The Morgan fingerprint density at radius 1 is 0.826 bits per heavy atom. The van der Waals surface area contributed by atoms with E-state index in [4.69, 9.17) is 0 Å². The minimum atomic E-state index is -0.651. The van der Waals surface area contributed by atoms with Crippen LogP contribution in [0.3, 0.4) is 0 Å². The van der Waals surface area contributed by atoms with Crippen LogP contribution in [-0.2, 0) is 14.3 Å². The van der Waals surface area contributed by atoms with Crippen molar-refractivity contribution in [1.82, 2.24) is 0 Å². The third-order valence-electron chi connectivity index (χ3n) is 3.86. The predicted molar refractivity (Wildman–Crippen MR) is 96.1 cm³/mol. The summed E-state index contributed by atoms with van der Waals surface area (Å²) >= 11 is 0. The number of carbonyl (C=O) groups excluding carboxylic acids is 2. The molecule has 0 spiro atoms. The number of rotatable bonds is 13. The van der Waals surface area contributed by atoms with Crippen molar-refractivity contribution in [1.29, 1.82) is 0 Å². The summed E-state index contributed by atoms with van der Waals surface area (Å²) in [6, 6.07) is 0. The van der Waals surface area contributed by atoms with Crippen molar-refractivity contribution in [3.63, 3.8) is 0 Å². The lowest BCUT2D eigenvalue weighted by Crippen LogP contribution is -2.13. The molecule has 0 N–H and O–H groups in total. The topological polar surface area (TPSA) is 43.4 Å². The Kier molecular flexibility index (Phi) is 13.4. The fourth-order valence-electron chi connectivity index (χ4n) is 2.29. The van der Waals surface area contributed by atoms with E-state index in [1.165, 1.54) is 64.7 Å². The highest BCUT2D eigenvalue weighted by Gasteiger charge is 2.12. The lowest BCUT2D eigenvalue weighted by molar-refractivity contribution is -0.153. The van der Waals surface area contributed by atoms with Crippen LogP contribution in [0.25, 0.3) is 0 Å². The van der Waals surface area contributed by atoms with Gasteiger partial charge >= 0.3 is 11.9 Å². The van der Waals surface area contributed by atoms with Crippen molar-refractivity contribution in [3.8, 4) is 0 Å². The van der Waals surface area contributed by atoms with Crippen LogP contribution in [0.2, 0.25) is 0 Å². The van der Waals surface area contributed by atoms with Gasteiger partial charge in [-0.25, -0.2) is 9.59 Å². The smallest absolute Gasteiger partial charge is 0.341 e. The molecular weight excluding hydrogens is 288 g/mol. The predicted octanol–water partition coefficient (Wildman–Crippen LogP) is 5.89. The molecule has 0 aromatic heterocycles. The zero-order valence-corrected chi connectivity index (χ0v) is 15.3. The van der Waals surface area contributed by atoms with E-state index in [0.717, 1.165) is 12.8 Å². The summed E-state index contributed by atoms with van der Waals surface area (Å²) in [5, 5.41) is 0. The molecule has 0 saturated heterocycles. The fourth-order valence-corrected chi connectivity index (χ4v) is 2.29. The molecule has 0 aromatic carbocycles. The SMILES string of the molecule is C=C(C)C(=O)OC(=O)C(C)=CCCCCCCCCCCCC. The minimum Gasteiger partial charge on any atom is -0.386 e. The van der Waals surface area contributed by atoms with Gasteiger partial charge in [-0.3, -0.25) is 0 Å². The fraction of sp³-hybridized carbons (Fsp3) is 0.700. The highest BCUT2D eigenvalue weighted by Crippen LogP contribution is 2.12. The number of carbonyl (C=O) groups is 2. The van der Waals surface area contributed by atoms with Crippen LogP contribution >= 0.6 is 0 Å². The third-order valence-corrected chi connectivity index (χ3v) is 3.86. The maximum atomic E-state index is 11.6. The molecule has 0 heterocycles. The van der Waals surface area contributed by atoms with Crippen LogP contribution in [0, 0.1) is 0 Å². The molecule has 23 heavy (non-hydrogen) atoms. The molecular formula is C20H34O3. The molecule has 0 rings (SSSR count). The third kappa shape index (κ3) is 12.8. The highest BCUT2D eigenvalue weighted by molar-refractivity contribution is 6.00. The molecule has 0 unspecified atom stereocenters. The zero-order valence-electron chi connectivity index (χ0n) is 15.3. The molecule has 0 aromatic rings. The van der Waals surface area contributed by atoms with Gasteiger partial charge in [0.1, 0.15) is 0 Å². The van der Waals surface area contributed by atoms with Crippen molar-refractivity contribution in [2.75, 3.05) is 0 Å². The van der Waals surface area contributed by atoms with Gasteiger partial charge in [-0.1, -0.05) is 77.4 Å². The van der Waals surface area contributed by atoms with Crippen molar-refractivity contribution in [2.24, 2.45) is 0 Å². The summed E-state index contributed by atoms with van der Waals surface area (Å²) in [6.45, 7) is 8.91. The van der Waals surface area contributed by atoms with Crippen LogP contribution in [0.5, 0.6) is 0 Å². The molecule has 132 valence electrons. The van der Waals surface area contributed by atoms with E-state index in [9.17, 15) is 9.59 Å². The van der Waals surface area contributed by atoms with Crippen LogP contribution in [0.4, 0.5) is 0 Å². The average Bonchev–Trinajstić information content (AvgIpc) is 2.52. The number of allylic oxidation sites excluding steroid dienone is 1. The van der Waals surface area contributed by atoms with Gasteiger partial charge in [-0.15, -0.1) is 0 Å². The summed E-state index contributed by atoms with van der Waals surface area (Å²) in [5.74, 6) is -1.22. The second-order valence-electron chi connectivity index (χ2n) is 6.32. The second-order valence-corrected chi connectivity index (χ2v) is 6.32. The van der Waals surface area contributed by atoms with Crippen LogP contribution < -0.4 is 0 Å². The van der Waals surface area contributed by atoms with Gasteiger partial charge in [0.15, 0.2) is 0 Å². The van der Waals surface area contributed by atoms with Gasteiger partial charge in [0.25, 0.3) is 0 Å². The molecule has 3 heteroatoms. The summed E-state index contributed by atoms with van der Waals surface area (Å²) in [4.78, 5) is 22.9. The first-order valence-electron chi connectivity index (χ1n) is 9.07. The number of esters is 2. The van der Waals surface area contributed by atoms with Crippen molar-refractivity contribution in [2.45, 2.75) is 91.4 Å². The number of hydrogen-bond acceptors (Lipinski definition) is 3. The van der Waals surface area contributed by atoms with E-state index >= 15 is 0 Å². The molecule has 0 bridgehead atoms. The Morgan fingerprint density at radius 3 is 1.78 bits per heavy atom. The molecule has 0 radical (unpaired) electrons. The lowest BCUT2D eigenvalue weighted by atomic mass is 10.1. The van der Waals surface area contributed by atoms with E-state index in [-0.39, 0.29) is 5.57 Å². The van der Waals surface area contributed by atoms with Crippen molar-refractivity contribution in [3.05, 3.63) is 23.8 Å². The van der Waals surface area contributed by atoms with Crippen molar-refractivity contribution >= 4 is 11.9 Å². The number of unbranched alkanes of at least 4 members (excludes halogenated alkanes) is 10. The molecule has 0 aliphatic heterocycles. The second kappa shape index (κ2) is 14.2. The van der Waals surface area contributed by atoms with Crippen molar-refractivity contribution < 1.29 is 14.3 Å². The van der Waals surface area contributed by atoms with Gasteiger partial charge < -0.3 is 4.74 Å². The number of ether oxygens (including phenoxy) is 1. The monoisotopic (exact) mass is 322 g/mol. The van der Waals surface area contributed by atoms with Gasteiger partial charge in [-0.2, -0.15) is 0 Å². The summed E-state index contributed by atoms with van der Waals surface area (Å²) in [7, 11) is 0. The van der Waals surface area contributed by atoms with E-state index < -0.39 is 11.9 Å². The Morgan fingerprint density at radius 2 is 1.30 bits per heavy atom. The summed E-state index contributed by atoms with van der Waals surface area (Å²) in [6.07, 6.45) is 15.7. The van der Waals surface area contributed by atoms with Crippen LogP contribution in [0.15, 0.2) is 23.8 Å². The minimum absolute atomic E-state index is 0.237. The molecule has 0 amide bonds. The zero-order chi connectivity index (χ0) is 17.5. The largest absolute Gasteiger partial charge is 0.386 e. The molecule has 0 fully saturated rings. The Labute approximate surface area is 142 Å². The standard InChI is InChI=1S/C20H34O3/c1-5-6-7-8-9-10-11-12-13-14-15-16-18(4)20(22)23-19(21)17(2)3/h16H,2,5-15H2,1,3-4H3. The summed E-state index contributed by atoms with van der Waals surface area (Å²) in [5.41, 5.74) is 0.733. The van der Waals surface area contributed by atoms with E-state index in [2.05, 4.69) is 18.2 Å². The average molecular weight is 322 g/mol. The first-order chi connectivity index (χ1) is 11.0. The molecule has 0 atom stereocenters. The van der Waals surface area contributed by atoms with Gasteiger partial charge in [0.2, 0.25) is 0 Å². The van der Waals surface area contributed by atoms with Gasteiger partial charge in [0.05, 0.1) is 0 Å². The molecule has 0 aliphatic carbocycles. The highest BCUT2D eigenvalue weighted by atomic mass is 16.6. The maximum absolute atomic E-state index is 11.6. The quantitative estimate of drug-likeness (QED) is 0.184.